The number of hydrogen-bond donors (Lipinski definition) is 0. The molecule has 0 unspecified atom stereocenters. The van der Waals surface area contributed by atoms with Gasteiger partial charge in [0.05, 0.1) is 16.8 Å². The molecule has 0 fully saturated rings. The molecule has 8 heteroatoms. The Bertz CT molecular complexity index is 2260. The van der Waals surface area contributed by atoms with E-state index in [2.05, 4.69) is 76.5 Å². The van der Waals surface area contributed by atoms with E-state index >= 15 is 0 Å². The van der Waals surface area contributed by atoms with E-state index in [9.17, 15) is 0 Å². The van der Waals surface area contributed by atoms with Crippen LogP contribution in [0.5, 0.6) is 11.5 Å². The minimum absolute atomic E-state index is 0. The molecule has 0 N–H and O–H groups in total. The molecule has 196 valence electrons. The predicted octanol–water partition coefficient (Wildman–Crippen LogP) is 7.07. The summed E-state index contributed by atoms with van der Waals surface area (Å²) in [7, 11) is 0. The molecule has 0 bridgehead atoms. The normalized spacial score (nSPS) is 12.2. The number of hydrogen-bond acceptors (Lipinski definition) is 5. The standard InChI is InChI=1S/C32H22N6O.Pt/c1-32(2,3)26-6-4-5-23-21-9-7-19(17-24(21)29-35-13-15-37(29)28(23)26)39-20-8-10-22-25(18-20)30-36-14-16-38(30)31-27(22)33-11-12-34-31;/h4-16H,1-3H3;/q-2;+2. The van der Waals surface area contributed by atoms with Gasteiger partial charge in [0.15, 0.2) is 0 Å². The molecule has 8 aromatic rings. The van der Waals surface area contributed by atoms with Crippen LogP contribution in [0.2, 0.25) is 0 Å². The van der Waals surface area contributed by atoms with Gasteiger partial charge in [0.25, 0.3) is 0 Å². The summed E-state index contributed by atoms with van der Waals surface area (Å²) in [4.78, 5) is 18.4. The van der Waals surface area contributed by atoms with Crippen LogP contribution in [0, 0.1) is 12.1 Å². The fourth-order valence-electron chi connectivity index (χ4n) is 5.61. The second kappa shape index (κ2) is 8.83. The van der Waals surface area contributed by atoms with Gasteiger partial charge in [0.2, 0.25) is 0 Å². The third kappa shape index (κ3) is 3.54. The number of fused-ring (bicyclic) bond motifs is 12. The van der Waals surface area contributed by atoms with Gasteiger partial charge in [0.1, 0.15) is 5.65 Å². The van der Waals surface area contributed by atoms with E-state index in [-0.39, 0.29) is 26.5 Å². The monoisotopic (exact) mass is 701 g/mol. The zero-order valence-electron chi connectivity index (χ0n) is 21.9. The number of para-hydroxylation sites is 1. The summed E-state index contributed by atoms with van der Waals surface area (Å²) in [5, 5.41) is 4.91. The first kappa shape index (κ1) is 24.7. The van der Waals surface area contributed by atoms with Crippen molar-refractivity contribution in [1.29, 1.82) is 0 Å². The number of aromatic nitrogens is 6. The Morgan fingerprint density at radius 1 is 0.650 bits per heavy atom. The topological polar surface area (TPSA) is 69.6 Å². The van der Waals surface area contributed by atoms with Gasteiger partial charge in [-0.05, 0) is 16.4 Å². The van der Waals surface area contributed by atoms with E-state index in [4.69, 9.17) is 9.72 Å². The maximum Gasteiger partial charge on any atom is 2.00 e. The molecule has 40 heavy (non-hydrogen) atoms. The van der Waals surface area contributed by atoms with E-state index in [0.717, 1.165) is 49.4 Å². The summed E-state index contributed by atoms with van der Waals surface area (Å²) < 4.78 is 10.4. The maximum absolute atomic E-state index is 6.33. The summed E-state index contributed by atoms with van der Waals surface area (Å²) in [6, 6.07) is 21.4. The molecule has 0 amide bonds. The average Bonchev–Trinajstić information content (AvgIpc) is 3.63. The van der Waals surface area contributed by atoms with Crippen molar-refractivity contribution >= 4 is 54.9 Å². The van der Waals surface area contributed by atoms with E-state index in [1.54, 1.807) is 18.6 Å². The maximum atomic E-state index is 6.33. The Morgan fingerprint density at radius 3 is 2.02 bits per heavy atom. The number of nitrogens with zero attached hydrogens (tertiary/aromatic N) is 6. The molecule has 0 aliphatic heterocycles. The van der Waals surface area contributed by atoms with Crippen LogP contribution in [0.15, 0.2) is 79.6 Å². The van der Waals surface area contributed by atoms with E-state index < -0.39 is 0 Å². The zero-order valence-corrected chi connectivity index (χ0v) is 24.2. The molecule has 0 aliphatic rings. The van der Waals surface area contributed by atoms with E-state index in [0.29, 0.717) is 11.5 Å². The molecule has 7 nitrogen and oxygen atoms in total. The number of pyridine rings is 2. The molecule has 8 rings (SSSR count). The quantitative estimate of drug-likeness (QED) is 0.143. The fourth-order valence-corrected chi connectivity index (χ4v) is 5.61. The van der Waals surface area contributed by atoms with E-state index in [1.165, 1.54) is 11.1 Å². The van der Waals surface area contributed by atoms with Crippen molar-refractivity contribution in [2.45, 2.75) is 26.2 Å². The molecule has 0 saturated heterocycles. The van der Waals surface area contributed by atoms with Gasteiger partial charge in [0, 0.05) is 54.2 Å². The molecule has 0 aliphatic carbocycles. The van der Waals surface area contributed by atoms with Crippen molar-refractivity contribution in [2.75, 3.05) is 0 Å². The number of imidazole rings is 2. The van der Waals surface area contributed by atoms with Crippen LogP contribution >= 0.6 is 0 Å². The Morgan fingerprint density at radius 2 is 1.27 bits per heavy atom. The van der Waals surface area contributed by atoms with Crippen LogP contribution in [-0.4, -0.2) is 28.7 Å². The van der Waals surface area contributed by atoms with Crippen LogP contribution in [0.1, 0.15) is 26.3 Å². The van der Waals surface area contributed by atoms with Crippen LogP contribution in [0.25, 0.3) is 54.9 Å². The Balaban J connectivity index is 0.00000264. The van der Waals surface area contributed by atoms with Gasteiger partial charge >= 0.3 is 21.1 Å². The molecular weight excluding hydrogens is 679 g/mol. The average molecular weight is 702 g/mol. The zero-order chi connectivity index (χ0) is 26.3. The van der Waals surface area contributed by atoms with Crippen molar-refractivity contribution in [1.82, 2.24) is 28.7 Å². The molecular formula is C32H22N6OPt. The van der Waals surface area contributed by atoms with Crippen LogP contribution in [0.4, 0.5) is 0 Å². The van der Waals surface area contributed by atoms with Crippen molar-refractivity contribution in [3.63, 3.8) is 0 Å². The Hall–Kier alpha value is -4.35. The van der Waals surface area contributed by atoms with E-state index in [1.807, 2.05) is 41.2 Å². The van der Waals surface area contributed by atoms with Crippen molar-refractivity contribution in [3.05, 3.63) is 97.3 Å². The summed E-state index contributed by atoms with van der Waals surface area (Å²) in [5.41, 5.74) is 5.60. The molecule has 0 radical (unpaired) electrons. The van der Waals surface area contributed by atoms with Gasteiger partial charge in [-0.2, -0.15) is 0 Å². The second-order valence-electron chi connectivity index (χ2n) is 10.7. The molecule has 0 saturated carbocycles. The molecule has 5 heterocycles. The fraction of sp³-hybridized carbons (Fsp3) is 0.125. The summed E-state index contributed by atoms with van der Waals surface area (Å²) in [6.45, 7) is 6.72. The molecule has 5 aromatic heterocycles. The smallest absolute Gasteiger partial charge is 0.497 e. The first-order chi connectivity index (χ1) is 19.0. The van der Waals surface area contributed by atoms with Gasteiger partial charge in [-0.25, -0.2) is 4.98 Å². The second-order valence-corrected chi connectivity index (χ2v) is 10.7. The minimum Gasteiger partial charge on any atom is -0.497 e. The molecule has 0 spiro atoms. The number of rotatable bonds is 2. The SMILES string of the molecule is CC(C)(C)c1cccc2c3ccc(Oc4[c-]c5c(cc4)c4nccnc4n4ccnc54)[c-]c3c3nccn3c12.[Pt+2]. The van der Waals surface area contributed by atoms with Crippen LogP contribution in [-0.2, 0) is 26.5 Å². The first-order valence-electron chi connectivity index (χ1n) is 12.8. The van der Waals surface area contributed by atoms with Gasteiger partial charge in [-0.15, -0.1) is 12.1 Å². The third-order valence-electron chi connectivity index (χ3n) is 7.32. The van der Waals surface area contributed by atoms with Gasteiger partial charge in [-0.3, -0.25) is 15.0 Å². The Labute approximate surface area is 243 Å². The van der Waals surface area contributed by atoms with Gasteiger partial charge < -0.3 is 13.5 Å². The number of ether oxygens (including phenoxy) is 1. The predicted molar refractivity (Wildman–Crippen MR) is 152 cm³/mol. The molecule has 3 aromatic carbocycles. The minimum atomic E-state index is -0.0136. The summed E-state index contributed by atoms with van der Waals surface area (Å²) in [6.07, 6.45) is 10.9. The third-order valence-corrected chi connectivity index (χ3v) is 7.32. The molecule has 0 atom stereocenters. The largest absolute Gasteiger partial charge is 2.00 e. The summed E-state index contributed by atoms with van der Waals surface area (Å²) >= 11 is 0. The van der Waals surface area contributed by atoms with Crippen LogP contribution in [0.3, 0.4) is 0 Å². The van der Waals surface area contributed by atoms with Crippen molar-refractivity contribution in [2.24, 2.45) is 0 Å². The van der Waals surface area contributed by atoms with Crippen molar-refractivity contribution < 1.29 is 25.8 Å². The van der Waals surface area contributed by atoms with Gasteiger partial charge in [-0.1, -0.05) is 84.8 Å². The Kier molecular flexibility index (Phi) is 5.45. The summed E-state index contributed by atoms with van der Waals surface area (Å²) in [5.74, 6) is 1.16. The van der Waals surface area contributed by atoms with Crippen LogP contribution < -0.4 is 4.74 Å². The van der Waals surface area contributed by atoms with Crippen molar-refractivity contribution in [3.8, 4) is 11.5 Å². The first-order valence-corrected chi connectivity index (χ1v) is 12.8. The number of benzene rings is 3.